The molecule has 0 spiro atoms. The number of aliphatic carboxylic acids is 1. The molecule has 106 valence electrons. The standard InChI is InChI=1S/C15H16FNO3/c16-12-5-3-11(4-6-12)14-8-7-13(20-14)10-17-9-1-2-15(18)19/h3-8,17H,1-2,9-10H2,(H,18,19). The van der Waals surface area contributed by atoms with Crippen LogP contribution in [0.1, 0.15) is 18.6 Å². The molecule has 0 bridgehead atoms. The fourth-order valence-corrected chi connectivity index (χ4v) is 1.82. The lowest BCUT2D eigenvalue weighted by Crippen LogP contribution is -2.15. The lowest BCUT2D eigenvalue weighted by atomic mass is 10.2. The Kier molecular flexibility index (Phi) is 4.90. The van der Waals surface area contributed by atoms with Crippen molar-refractivity contribution in [1.29, 1.82) is 0 Å². The molecule has 0 aliphatic carbocycles. The van der Waals surface area contributed by atoms with E-state index in [4.69, 9.17) is 9.52 Å². The first-order chi connectivity index (χ1) is 9.65. The van der Waals surface area contributed by atoms with Crippen molar-refractivity contribution in [2.24, 2.45) is 0 Å². The SMILES string of the molecule is O=C(O)CCCNCc1ccc(-c2ccc(F)cc2)o1. The molecule has 0 amide bonds. The number of halogens is 1. The molecule has 0 radical (unpaired) electrons. The van der Waals surface area contributed by atoms with Gasteiger partial charge in [0.1, 0.15) is 17.3 Å². The summed E-state index contributed by atoms with van der Waals surface area (Å²) in [4.78, 5) is 10.3. The number of rotatable bonds is 7. The Hall–Kier alpha value is -2.14. The minimum Gasteiger partial charge on any atom is -0.481 e. The van der Waals surface area contributed by atoms with Crippen LogP contribution in [0.4, 0.5) is 4.39 Å². The van der Waals surface area contributed by atoms with E-state index >= 15 is 0 Å². The van der Waals surface area contributed by atoms with Crippen molar-refractivity contribution in [2.45, 2.75) is 19.4 Å². The maximum absolute atomic E-state index is 12.8. The maximum Gasteiger partial charge on any atom is 0.303 e. The maximum atomic E-state index is 12.8. The summed E-state index contributed by atoms with van der Waals surface area (Å²) in [6, 6.07) is 9.80. The van der Waals surface area contributed by atoms with Gasteiger partial charge in [-0.05, 0) is 49.4 Å². The van der Waals surface area contributed by atoms with E-state index in [1.807, 2.05) is 12.1 Å². The van der Waals surface area contributed by atoms with Crippen LogP contribution in [0.25, 0.3) is 11.3 Å². The van der Waals surface area contributed by atoms with Crippen LogP contribution in [0.15, 0.2) is 40.8 Å². The minimum absolute atomic E-state index is 0.159. The molecule has 0 unspecified atom stereocenters. The predicted molar refractivity (Wildman–Crippen MR) is 72.7 cm³/mol. The van der Waals surface area contributed by atoms with Crippen LogP contribution < -0.4 is 5.32 Å². The number of carboxylic acid groups (broad SMARTS) is 1. The molecular formula is C15H16FNO3. The van der Waals surface area contributed by atoms with Crippen LogP contribution in [-0.2, 0) is 11.3 Å². The summed E-state index contributed by atoms with van der Waals surface area (Å²) in [5, 5.41) is 11.6. The number of hydrogen-bond donors (Lipinski definition) is 2. The van der Waals surface area contributed by atoms with Gasteiger partial charge < -0.3 is 14.8 Å². The van der Waals surface area contributed by atoms with Gasteiger partial charge in [-0.3, -0.25) is 4.79 Å². The van der Waals surface area contributed by atoms with Crippen molar-refractivity contribution >= 4 is 5.97 Å². The first-order valence-electron chi connectivity index (χ1n) is 6.42. The lowest BCUT2D eigenvalue weighted by Gasteiger charge is -2.01. The Morgan fingerprint density at radius 1 is 1.20 bits per heavy atom. The van der Waals surface area contributed by atoms with Crippen LogP contribution in [0.3, 0.4) is 0 Å². The molecule has 2 aromatic rings. The average Bonchev–Trinajstić information content (AvgIpc) is 2.87. The molecule has 4 nitrogen and oxygen atoms in total. The smallest absolute Gasteiger partial charge is 0.303 e. The highest BCUT2D eigenvalue weighted by Crippen LogP contribution is 2.22. The van der Waals surface area contributed by atoms with Crippen molar-refractivity contribution in [1.82, 2.24) is 5.32 Å². The van der Waals surface area contributed by atoms with Crippen LogP contribution >= 0.6 is 0 Å². The minimum atomic E-state index is -0.789. The Labute approximate surface area is 116 Å². The molecule has 0 saturated carbocycles. The van der Waals surface area contributed by atoms with Crippen LogP contribution in [0.2, 0.25) is 0 Å². The van der Waals surface area contributed by atoms with E-state index in [1.54, 1.807) is 12.1 Å². The average molecular weight is 277 g/mol. The third kappa shape index (κ3) is 4.20. The highest BCUT2D eigenvalue weighted by Gasteiger charge is 2.05. The van der Waals surface area contributed by atoms with Gasteiger partial charge in [0.2, 0.25) is 0 Å². The van der Waals surface area contributed by atoms with Crippen molar-refractivity contribution in [2.75, 3.05) is 6.54 Å². The first-order valence-corrected chi connectivity index (χ1v) is 6.42. The fourth-order valence-electron chi connectivity index (χ4n) is 1.82. The fraction of sp³-hybridized carbons (Fsp3) is 0.267. The largest absolute Gasteiger partial charge is 0.481 e. The summed E-state index contributed by atoms with van der Waals surface area (Å²) in [5.41, 5.74) is 0.823. The van der Waals surface area contributed by atoms with Crippen LogP contribution in [-0.4, -0.2) is 17.6 Å². The van der Waals surface area contributed by atoms with Crippen LogP contribution in [0.5, 0.6) is 0 Å². The van der Waals surface area contributed by atoms with Gasteiger partial charge in [0.05, 0.1) is 6.54 Å². The van der Waals surface area contributed by atoms with Crippen molar-refractivity contribution in [3.63, 3.8) is 0 Å². The highest BCUT2D eigenvalue weighted by molar-refractivity contribution is 5.66. The van der Waals surface area contributed by atoms with Gasteiger partial charge in [-0.1, -0.05) is 0 Å². The zero-order valence-corrected chi connectivity index (χ0v) is 10.9. The highest BCUT2D eigenvalue weighted by atomic mass is 19.1. The van der Waals surface area contributed by atoms with Gasteiger partial charge >= 0.3 is 5.97 Å². The Morgan fingerprint density at radius 3 is 2.65 bits per heavy atom. The summed E-state index contributed by atoms with van der Waals surface area (Å²) in [6.45, 7) is 1.17. The molecule has 2 rings (SSSR count). The summed E-state index contributed by atoms with van der Waals surface area (Å²) in [5.74, 6) is 0.385. The molecule has 0 aliphatic rings. The summed E-state index contributed by atoms with van der Waals surface area (Å²) in [6.07, 6.45) is 0.743. The van der Waals surface area contributed by atoms with Gasteiger partial charge in [-0.25, -0.2) is 4.39 Å². The van der Waals surface area contributed by atoms with Crippen molar-refractivity contribution < 1.29 is 18.7 Å². The van der Waals surface area contributed by atoms with Crippen LogP contribution in [0, 0.1) is 5.82 Å². The van der Waals surface area contributed by atoms with E-state index in [0.29, 0.717) is 25.3 Å². The first kappa shape index (κ1) is 14.3. The quantitative estimate of drug-likeness (QED) is 0.764. The predicted octanol–water partition coefficient (Wildman–Crippen LogP) is 3.04. The van der Waals surface area contributed by atoms with Gasteiger partial charge in [-0.2, -0.15) is 0 Å². The lowest BCUT2D eigenvalue weighted by molar-refractivity contribution is -0.137. The van der Waals surface area contributed by atoms with Crippen molar-refractivity contribution in [3.05, 3.63) is 48.0 Å². The van der Waals surface area contributed by atoms with E-state index in [1.165, 1.54) is 12.1 Å². The Morgan fingerprint density at radius 2 is 1.95 bits per heavy atom. The molecule has 1 aromatic heterocycles. The van der Waals surface area contributed by atoms with E-state index < -0.39 is 5.97 Å². The zero-order valence-electron chi connectivity index (χ0n) is 10.9. The number of furan rings is 1. The molecule has 0 atom stereocenters. The van der Waals surface area contributed by atoms with Gasteiger partial charge in [-0.15, -0.1) is 0 Å². The Balaban J connectivity index is 1.83. The molecule has 5 heteroatoms. The summed E-state index contributed by atoms with van der Waals surface area (Å²) >= 11 is 0. The van der Waals surface area contributed by atoms with E-state index in [2.05, 4.69) is 5.32 Å². The topological polar surface area (TPSA) is 62.5 Å². The summed E-state index contributed by atoms with van der Waals surface area (Å²) in [7, 11) is 0. The normalized spacial score (nSPS) is 10.7. The van der Waals surface area contributed by atoms with Gasteiger partial charge in [0.15, 0.2) is 0 Å². The van der Waals surface area contributed by atoms with E-state index in [0.717, 1.165) is 11.3 Å². The van der Waals surface area contributed by atoms with E-state index in [-0.39, 0.29) is 12.2 Å². The van der Waals surface area contributed by atoms with Crippen molar-refractivity contribution in [3.8, 4) is 11.3 Å². The molecular weight excluding hydrogens is 261 g/mol. The van der Waals surface area contributed by atoms with Gasteiger partial charge in [0.25, 0.3) is 0 Å². The molecule has 0 fully saturated rings. The zero-order chi connectivity index (χ0) is 14.4. The second-order valence-electron chi connectivity index (χ2n) is 4.45. The number of carbonyl (C=O) groups is 1. The molecule has 20 heavy (non-hydrogen) atoms. The molecule has 2 N–H and O–H groups in total. The number of benzene rings is 1. The number of hydrogen-bond acceptors (Lipinski definition) is 3. The monoisotopic (exact) mass is 277 g/mol. The Bertz CT molecular complexity index is 563. The van der Waals surface area contributed by atoms with E-state index in [9.17, 15) is 9.18 Å². The molecule has 1 heterocycles. The molecule has 0 aliphatic heterocycles. The number of carboxylic acids is 1. The third-order valence-corrected chi connectivity index (χ3v) is 2.83. The van der Waals surface area contributed by atoms with Gasteiger partial charge in [0, 0.05) is 12.0 Å². The second-order valence-corrected chi connectivity index (χ2v) is 4.45. The third-order valence-electron chi connectivity index (χ3n) is 2.83. The molecule has 0 saturated heterocycles. The number of nitrogens with one attached hydrogen (secondary N) is 1. The second kappa shape index (κ2) is 6.86. The molecule has 1 aromatic carbocycles. The summed E-state index contributed by atoms with van der Waals surface area (Å²) < 4.78 is 18.5.